The summed E-state index contributed by atoms with van der Waals surface area (Å²) in [6, 6.07) is 10.3. The summed E-state index contributed by atoms with van der Waals surface area (Å²) < 4.78 is 91.1. The zero-order chi connectivity index (χ0) is 68.5. The van der Waals surface area contributed by atoms with E-state index in [9.17, 15) is 77.3 Å². The van der Waals surface area contributed by atoms with Gasteiger partial charge in [0.05, 0.1) is 82.8 Å². The molecule has 9 atom stereocenters. The smallest absolute Gasteiger partial charge is 0.351 e. The minimum Gasteiger partial charge on any atom is -0.756 e. The molecule has 5 unspecified atom stereocenters. The van der Waals surface area contributed by atoms with E-state index in [1.54, 1.807) is 18.2 Å². The number of carboxylic acid groups (broad SMARTS) is 1. The number of ether oxygens (including phenoxy) is 4. The van der Waals surface area contributed by atoms with Gasteiger partial charge in [0.25, 0.3) is 34.9 Å². The topological polar surface area (TPSA) is 502 Å². The zero-order valence-corrected chi connectivity index (χ0v) is 53.3. The molecule has 2 fully saturated rings. The summed E-state index contributed by atoms with van der Waals surface area (Å²) in [6.45, 7) is -3.90. The lowest BCUT2D eigenvalue weighted by Gasteiger charge is -2.29. The number of anilines is 1. The minimum atomic E-state index is -5.29. The average molecular weight is 1390 g/mol. The summed E-state index contributed by atoms with van der Waals surface area (Å²) in [4.78, 5) is 133. The second-order valence-electron chi connectivity index (χ2n) is 21.5. The maximum absolute atomic E-state index is 13.4. The Morgan fingerprint density at radius 1 is 0.758 bits per heavy atom. The predicted molar refractivity (Wildman–Crippen MR) is 324 cm³/mol. The average Bonchev–Trinajstić information content (AvgIpc) is 1.46. The number of aromatic hydroxyl groups is 1. The molecule has 8 rings (SSSR count). The van der Waals surface area contributed by atoms with E-state index in [-0.39, 0.29) is 92.0 Å². The van der Waals surface area contributed by atoms with E-state index >= 15 is 0 Å². The first-order valence-electron chi connectivity index (χ1n) is 29.7. The fourth-order valence-corrected chi connectivity index (χ4v) is 12.6. The van der Waals surface area contributed by atoms with E-state index < -0.39 is 141 Å². The first kappa shape index (κ1) is 73.5. The number of carbonyl (C=O) groups excluding carboxylic acids is 3. The third-order valence-corrected chi connectivity index (χ3v) is 17.7. The molecule has 516 valence electrons. The lowest BCUT2D eigenvalue weighted by Crippen LogP contribution is -2.33. The van der Waals surface area contributed by atoms with Gasteiger partial charge in [0, 0.05) is 56.6 Å². The van der Waals surface area contributed by atoms with Crippen LogP contribution in [0.1, 0.15) is 100 Å². The van der Waals surface area contributed by atoms with Crippen molar-refractivity contribution < 1.29 is 114 Å². The van der Waals surface area contributed by atoms with Crippen molar-refractivity contribution in [1.82, 2.24) is 29.7 Å². The van der Waals surface area contributed by atoms with Crippen LogP contribution in [0.3, 0.4) is 0 Å². The second-order valence-corrected chi connectivity index (χ2v) is 25.7. The van der Waals surface area contributed by atoms with Crippen LogP contribution in [0.4, 0.5) is 5.82 Å². The van der Waals surface area contributed by atoms with Crippen LogP contribution in [-0.4, -0.2) is 167 Å². The number of fused-ring (bicyclic) bond motifs is 2. The third kappa shape index (κ3) is 21.4. The van der Waals surface area contributed by atoms with Gasteiger partial charge < -0.3 is 97.6 Å². The number of nitrogens with two attached hydrogens (primary N) is 1. The van der Waals surface area contributed by atoms with Gasteiger partial charge in [-0.15, -0.1) is 0 Å². The Balaban J connectivity index is 0.751. The van der Waals surface area contributed by atoms with E-state index in [0.717, 1.165) is 27.5 Å². The van der Waals surface area contributed by atoms with Crippen LogP contribution in [0.15, 0.2) is 105 Å². The van der Waals surface area contributed by atoms with Crippen molar-refractivity contribution >= 4 is 64.5 Å². The largest absolute Gasteiger partial charge is 0.756 e. The number of hydrogen-bond donors (Lipinski definition) is 8. The molecule has 0 bridgehead atoms. The number of carbonyl (C=O) groups is 4. The minimum absolute atomic E-state index is 0.000330. The van der Waals surface area contributed by atoms with Crippen molar-refractivity contribution in [3.8, 4) is 5.75 Å². The monoisotopic (exact) mass is 1390 g/mol. The van der Waals surface area contributed by atoms with Gasteiger partial charge in [0.2, 0.25) is 5.91 Å². The molecule has 0 radical (unpaired) electrons. The van der Waals surface area contributed by atoms with Gasteiger partial charge in [0.1, 0.15) is 36.2 Å². The number of aliphatic hydroxyl groups excluding tert-OH is 2. The molecular formula is C58H69N7O27P3-3. The molecule has 2 aliphatic carbocycles. The van der Waals surface area contributed by atoms with Gasteiger partial charge >= 0.3 is 17.3 Å². The summed E-state index contributed by atoms with van der Waals surface area (Å²) in [5.74, 6) is -2.55. The number of aromatic amines is 1. The highest BCUT2D eigenvalue weighted by atomic mass is 31.2. The number of amides is 2. The Bertz CT molecular complexity index is 3910. The van der Waals surface area contributed by atoms with Gasteiger partial charge in [-0.05, 0) is 114 Å². The molecule has 2 saturated heterocycles. The van der Waals surface area contributed by atoms with E-state index in [2.05, 4.69) is 25.1 Å². The SMILES string of the molecule is Nc1ccn([C@H]2CC(O)[C@@H](COP(=O)([O-])OCCOCCOCCOP(=O)([O-])OC3C[C@H](n4cc(/C=C/C(=O)NCCCCCCNC(=O)c5ccc(C(=O)O)c(C6=C7C=CC(=O)C=C7Cc7cc(O)ccc76)c5)c(=O)[nH]c4=O)O[C@@H]3COP(=O)([O-])OCCCO)O2)c(=O)n1. The van der Waals surface area contributed by atoms with Gasteiger partial charge in [-0.1, -0.05) is 25.0 Å². The van der Waals surface area contributed by atoms with Crippen molar-refractivity contribution in [3.05, 3.63) is 155 Å². The number of aliphatic hydroxyl groups is 2. The third-order valence-electron chi connectivity index (χ3n) is 14.8. The van der Waals surface area contributed by atoms with Crippen LogP contribution in [0, 0.1) is 0 Å². The van der Waals surface area contributed by atoms with Gasteiger partial charge in [-0.3, -0.25) is 47.0 Å². The molecule has 2 aromatic heterocycles. The zero-order valence-electron chi connectivity index (χ0n) is 50.6. The molecular weight excluding hydrogens is 1320 g/mol. The molecule has 95 heavy (non-hydrogen) atoms. The first-order valence-corrected chi connectivity index (χ1v) is 34.1. The predicted octanol–water partition coefficient (Wildman–Crippen LogP) is 0.548. The van der Waals surface area contributed by atoms with Gasteiger partial charge in [-0.2, -0.15) is 4.98 Å². The Morgan fingerprint density at radius 3 is 2.11 bits per heavy atom. The molecule has 2 aliphatic heterocycles. The number of hydrogen-bond acceptors (Lipinski definition) is 28. The molecule has 2 aromatic carbocycles. The van der Waals surface area contributed by atoms with E-state index in [0.29, 0.717) is 60.0 Å². The molecule has 34 nitrogen and oxygen atoms in total. The molecule has 0 spiro atoms. The molecule has 4 heterocycles. The number of ketones is 1. The maximum atomic E-state index is 13.4. The lowest BCUT2D eigenvalue weighted by molar-refractivity contribution is -0.235. The number of phosphoric ester groups is 3. The summed E-state index contributed by atoms with van der Waals surface area (Å²) in [7, 11) is -15.3. The second kappa shape index (κ2) is 34.1. The summed E-state index contributed by atoms with van der Waals surface area (Å²) >= 11 is 0. The van der Waals surface area contributed by atoms with E-state index in [1.807, 2.05) is 0 Å². The maximum Gasteiger partial charge on any atom is 0.351 e. The molecule has 2 amide bonds. The summed E-state index contributed by atoms with van der Waals surface area (Å²) in [5, 5.41) is 45.3. The van der Waals surface area contributed by atoms with E-state index in [1.165, 1.54) is 48.7 Å². The summed E-state index contributed by atoms with van der Waals surface area (Å²) in [5.41, 5.74) is 6.06. The Kier molecular flexibility index (Phi) is 26.4. The van der Waals surface area contributed by atoms with Crippen molar-refractivity contribution in [2.75, 3.05) is 84.9 Å². The lowest BCUT2D eigenvalue weighted by atomic mass is 9.76. The quantitative estimate of drug-likeness (QED) is 0.0174. The van der Waals surface area contributed by atoms with Crippen molar-refractivity contribution in [3.63, 3.8) is 0 Å². The molecule has 4 aromatic rings. The number of benzene rings is 2. The Morgan fingerprint density at radius 2 is 1.41 bits per heavy atom. The fraction of sp³-hybridized carbons (Fsp3) is 0.448. The Hall–Kier alpha value is -7.27. The molecule has 0 saturated carbocycles. The number of aromatic carboxylic acids is 1. The van der Waals surface area contributed by atoms with E-state index in [4.69, 9.17) is 52.4 Å². The number of phenolic OH excluding ortho intramolecular Hbond substituents is 1. The number of nitrogen functional groups attached to an aromatic ring is 1. The number of phenols is 1. The van der Waals surface area contributed by atoms with Crippen LogP contribution in [0.2, 0.25) is 0 Å². The number of carboxylic acids is 1. The Labute approximate surface area is 540 Å². The van der Waals surface area contributed by atoms with Gasteiger partial charge in [-0.25, -0.2) is 14.4 Å². The van der Waals surface area contributed by atoms with Crippen LogP contribution in [0.25, 0.3) is 11.6 Å². The molecule has 37 heteroatoms. The highest BCUT2D eigenvalue weighted by Crippen LogP contribution is 2.47. The number of H-pyrrole nitrogens is 1. The van der Waals surface area contributed by atoms with Crippen LogP contribution in [-0.2, 0) is 75.8 Å². The standard InChI is InChI=1S/C58H72N7O27P3/c59-49-14-17-64(57(75)62-49)51-30-45(69)47(90-51)33-88-94(79,80)86-24-22-83-20-21-84-23-25-87-95(81,82)92-46-31-52(91-48(46)34-89-93(77,78)85-19-5-18-66)65-32-36(55(72)63-58(65)76)7-13-50(70)60-15-3-1-2-4-16-61-54(71)35-6-10-43(56(73)74)44(29-35)53-41-11-8-39(67)27-37(41)26-38-28-40(68)9-12-42(38)53/h6-14,17,27-29,32,45-48,51-52,66-67,69H,1-5,15-16,18-26,30-31,33-34H2,(H,60,70)(H,61,71)(H,73,74)(H,77,78)(H,79,80)(H,81,82)(H2,59,62,75)(H,63,72,76)/p-3/b13-7+/t45?,46?,47-,48-,51-,52-/m1/s1. The van der Waals surface area contributed by atoms with Crippen molar-refractivity contribution in [2.24, 2.45) is 0 Å². The van der Waals surface area contributed by atoms with Crippen molar-refractivity contribution in [2.45, 2.75) is 88.2 Å². The number of nitrogens with one attached hydrogen (secondary N) is 3. The normalized spacial score (nSPS) is 21.2. The number of unbranched alkanes of at least 4 members (excludes halogenated alkanes) is 3. The highest BCUT2D eigenvalue weighted by Gasteiger charge is 2.41. The first-order chi connectivity index (χ1) is 45.3. The summed E-state index contributed by atoms with van der Waals surface area (Å²) in [6.07, 6.45) is 3.13. The van der Waals surface area contributed by atoms with Crippen LogP contribution >= 0.6 is 23.5 Å². The van der Waals surface area contributed by atoms with Crippen molar-refractivity contribution in [1.29, 1.82) is 0 Å². The number of nitrogens with zero attached hydrogens (tertiary/aromatic N) is 3. The number of phosphoric acid groups is 3. The number of aromatic nitrogens is 4. The molecule has 4 aliphatic rings. The fourth-order valence-electron chi connectivity index (χ4n) is 10.2. The molecule has 9 N–H and O–H groups in total. The number of allylic oxidation sites excluding steroid dienone is 5. The number of rotatable bonds is 37. The van der Waals surface area contributed by atoms with Crippen LogP contribution in [0.5, 0.6) is 5.75 Å². The van der Waals surface area contributed by atoms with Gasteiger partial charge in [0.15, 0.2) is 5.78 Å². The highest BCUT2D eigenvalue weighted by molar-refractivity contribution is 7.46. The van der Waals surface area contributed by atoms with Crippen LogP contribution < -0.4 is 48.0 Å².